The van der Waals surface area contributed by atoms with Gasteiger partial charge < -0.3 is 10.1 Å². The summed E-state index contributed by atoms with van der Waals surface area (Å²) >= 11 is 0. The Morgan fingerprint density at radius 3 is 2.47 bits per heavy atom. The maximum Gasteiger partial charge on any atom is 0.119 e. The summed E-state index contributed by atoms with van der Waals surface area (Å²) in [5.41, 5.74) is 1.40. The summed E-state index contributed by atoms with van der Waals surface area (Å²) in [4.78, 5) is 0. The van der Waals surface area contributed by atoms with Crippen LogP contribution in [0.5, 0.6) is 5.75 Å². The summed E-state index contributed by atoms with van der Waals surface area (Å²) < 4.78 is 5.94. The van der Waals surface area contributed by atoms with Gasteiger partial charge in [-0.1, -0.05) is 32.4 Å². The Bertz CT molecular complexity index is 356. The second-order valence-corrected chi connectivity index (χ2v) is 5.60. The summed E-state index contributed by atoms with van der Waals surface area (Å²) in [5, 5.41) is 3.61. The van der Waals surface area contributed by atoms with E-state index in [1.165, 1.54) is 31.2 Å². The van der Waals surface area contributed by atoms with E-state index in [1.807, 2.05) is 0 Å². The molecule has 0 spiro atoms. The Balaban J connectivity index is 1.79. The first-order valence-electron chi connectivity index (χ1n) is 7.78. The second kappa shape index (κ2) is 7.54. The monoisotopic (exact) mass is 261 g/mol. The molecule has 1 atom stereocenters. The number of ether oxygens (including phenoxy) is 1. The van der Waals surface area contributed by atoms with Crippen LogP contribution in [0.2, 0.25) is 0 Å². The van der Waals surface area contributed by atoms with Crippen molar-refractivity contribution in [1.29, 1.82) is 0 Å². The average molecular weight is 261 g/mol. The zero-order chi connectivity index (χ0) is 13.5. The average Bonchev–Trinajstić information content (AvgIpc) is 3.25. The molecular weight excluding hydrogens is 234 g/mol. The molecule has 1 aromatic carbocycles. The highest BCUT2D eigenvalue weighted by Gasteiger charge is 2.31. The highest BCUT2D eigenvalue weighted by molar-refractivity contribution is 5.27. The van der Waals surface area contributed by atoms with E-state index in [4.69, 9.17) is 4.74 Å². The van der Waals surface area contributed by atoms with E-state index in [0.29, 0.717) is 6.04 Å². The molecule has 0 radical (unpaired) electrons. The molecule has 1 saturated carbocycles. The van der Waals surface area contributed by atoms with Gasteiger partial charge in [0.2, 0.25) is 0 Å². The van der Waals surface area contributed by atoms with Crippen molar-refractivity contribution in [1.82, 2.24) is 5.32 Å². The van der Waals surface area contributed by atoms with E-state index < -0.39 is 0 Å². The first-order valence-corrected chi connectivity index (χ1v) is 7.78. The van der Waals surface area contributed by atoms with Gasteiger partial charge in [-0.05, 0) is 55.8 Å². The molecule has 0 aromatic heterocycles. The van der Waals surface area contributed by atoms with Gasteiger partial charge in [0.25, 0.3) is 0 Å². The zero-order valence-electron chi connectivity index (χ0n) is 12.3. The summed E-state index contributed by atoms with van der Waals surface area (Å²) in [7, 11) is 0. The van der Waals surface area contributed by atoms with E-state index in [2.05, 4.69) is 43.4 Å². The molecule has 19 heavy (non-hydrogen) atoms. The fraction of sp³-hybridized carbons (Fsp3) is 0.647. The highest BCUT2D eigenvalue weighted by atomic mass is 16.5. The molecule has 1 aliphatic rings. The van der Waals surface area contributed by atoms with Crippen LogP contribution in [-0.4, -0.2) is 19.2 Å². The van der Waals surface area contributed by atoms with Gasteiger partial charge in [0.05, 0.1) is 0 Å². The van der Waals surface area contributed by atoms with Gasteiger partial charge >= 0.3 is 0 Å². The van der Waals surface area contributed by atoms with Gasteiger partial charge in [-0.3, -0.25) is 0 Å². The van der Waals surface area contributed by atoms with Gasteiger partial charge in [0.1, 0.15) is 12.4 Å². The maximum absolute atomic E-state index is 5.94. The van der Waals surface area contributed by atoms with Gasteiger partial charge in [0.15, 0.2) is 0 Å². The molecule has 1 unspecified atom stereocenters. The lowest BCUT2D eigenvalue weighted by Crippen LogP contribution is -2.37. The Hall–Kier alpha value is -1.02. The van der Waals surface area contributed by atoms with E-state index in [1.54, 1.807) is 0 Å². The first kappa shape index (κ1) is 14.4. The number of nitrogens with one attached hydrogen (secondary N) is 1. The van der Waals surface area contributed by atoms with Crippen LogP contribution in [0.25, 0.3) is 0 Å². The predicted molar refractivity (Wildman–Crippen MR) is 80.7 cm³/mol. The minimum Gasteiger partial charge on any atom is -0.492 e. The van der Waals surface area contributed by atoms with Crippen LogP contribution in [0.15, 0.2) is 24.3 Å². The van der Waals surface area contributed by atoms with Crippen molar-refractivity contribution in [3.05, 3.63) is 29.8 Å². The summed E-state index contributed by atoms with van der Waals surface area (Å²) in [6.07, 6.45) is 6.27. The molecule has 1 aliphatic carbocycles. The first-order chi connectivity index (χ1) is 9.33. The topological polar surface area (TPSA) is 21.3 Å². The highest BCUT2D eigenvalue weighted by Crippen LogP contribution is 2.33. The number of hydrogen-bond acceptors (Lipinski definition) is 2. The molecule has 1 N–H and O–H groups in total. The normalized spacial score (nSPS) is 16.3. The fourth-order valence-electron chi connectivity index (χ4n) is 2.42. The quantitative estimate of drug-likeness (QED) is 0.730. The molecule has 106 valence electrons. The van der Waals surface area contributed by atoms with Crippen LogP contribution < -0.4 is 10.1 Å². The Kier molecular flexibility index (Phi) is 5.71. The zero-order valence-corrected chi connectivity index (χ0v) is 12.3. The van der Waals surface area contributed by atoms with Crippen molar-refractivity contribution >= 4 is 0 Å². The molecule has 2 heteroatoms. The molecule has 0 heterocycles. The third-order valence-corrected chi connectivity index (χ3v) is 3.74. The molecule has 1 aromatic rings. The predicted octanol–water partition coefficient (Wildman–Crippen LogP) is 3.80. The Morgan fingerprint density at radius 1 is 1.16 bits per heavy atom. The summed E-state index contributed by atoms with van der Waals surface area (Å²) in [6.45, 7) is 6.33. The number of rotatable bonds is 9. The van der Waals surface area contributed by atoms with E-state index >= 15 is 0 Å². The largest absolute Gasteiger partial charge is 0.492 e. The van der Waals surface area contributed by atoms with Gasteiger partial charge in [0, 0.05) is 6.04 Å². The van der Waals surface area contributed by atoms with Crippen molar-refractivity contribution in [3.8, 4) is 5.75 Å². The van der Waals surface area contributed by atoms with E-state index in [-0.39, 0.29) is 0 Å². The van der Waals surface area contributed by atoms with E-state index in [9.17, 15) is 0 Å². The van der Waals surface area contributed by atoms with Crippen molar-refractivity contribution in [2.45, 2.75) is 52.0 Å². The lowest BCUT2D eigenvalue weighted by Gasteiger charge is -2.18. The molecule has 0 amide bonds. The molecule has 2 rings (SSSR count). The third kappa shape index (κ3) is 4.87. The molecular formula is C17H27NO. The van der Waals surface area contributed by atoms with Crippen molar-refractivity contribution < 1.29 is 4.74 Å². The third-order valence-electron chi connectivity index (χ3n) is 3.74. The number of hydrogen-bond donors (Lipinski definition) is 1. The standard InChI is InChI=1S/C17H27NO/c1-3-5-14-6-10-16(11-7-14)19-13-17(15-8-9-15)18-12-4-2/h6-7,10-11,15,17-18H,3-5,8-9,12-13H2,1-2H3. The smallest absolute Gasteiger partial charge is 0.119 e. The van der Waals surface area contributed by atoms with Gasteiger partial charge in [-0.25, -0.2) is 0 Å². The van der Waals surface area contributed by atoms with Crippen LogP contribution in [0.1, 0.15) is 45.1 Å². The fourth-order valence-corrected chi connectivity index (χ4v) is 2.42. The summed E-state index contributed by atoms with van der Waals surface area (Å²) in [6, 6.07) is 9.12. The lowest BCUT2D eigenvalue weighted by atomic mass is 10.1. The second-order valence-electron chi connectivity index (χ2n) is 5.60. The number of aryl methyl sites for hydroxylation is 1. The van der Waals surface area contributed by atoms with Gasteiger partial charge in [-0.2, -0.15) is 0 Å². The van der Waals surface area contributed by atoms with E-state index in [0.717, 1.165) is 31.2 Å². The molecule has 0 aliphatic heterocycles. The molecule has 0 saturated heterocycles. The Morgan fingerprint density at radius 2 is 1.89 bits per heavy atom. The van der Waals surface area contributed by atoms with Crippen molar-refractivity contribution in [2.24, 2.45) is 5.92 Å². The van der Waals surface area contributed by atoms with Crippen LogP contribution in [0.3, 0.4) is 0 Å². The van der Waals surface area contributed by atoms with Crippen LogP contribution in [0, 0.1) is 5.92 Å². The van der Waals surface area contributed by atoms with Crippen LogP contribution >= 0.6 is 0 Å². The number of benzene rings is 1. The lowest BCUT2D eigenvalue weighted by molar-refractivity contribution is 0.249. The van der Waals surface area contributed by atoms with Crippen molar-refractivity contribution in [3.63, 3.8) is 0 Å². The minimum atomic E-state index is 0.537. The van der Waals surface area contributed by atoms with Crippen molar-refractivity contribution in [2.75, 3.05) is 13.2 Å². The SMILES string of the molecule is CCCNC(COc1ccc(CCC)cc1)C1CC1. The maximum atomic E-state index is 5.94. The summed E-state index contributed by atoms with van der Waals surface area (Å²) in [5.74, 6) is 1.84. The molecule has 1 fully saturated rings. The molecule has 2 nitrogen and oxygen atoms in total. The van der Waals surface area contributed by atoms with Gasteiger partial charge in [-0.15, -0.1) is 0 Å². The minimum absolute atomic E-state index is 0.537. The Labute approximate surface area is 117 Å². The van der Waals surface area contributed by atoms with Crippen LogP contribution in [0.4, 0.5) is 0 Å². The van der Waals surface area contributed by atoms with Crippen LogP contribution in [-0.2, 0) is 6.42 Å². The molecule has 0 bridgehead atoms.